The summed E-state index contributed by atoms with van der Waals surface area (Å²) in [6, 6.07) is 15.2. The highest BCUT2D eigenvalue weighted by Crippen LogP contribution is 2.41. The Bertz CT molecular complexity index is 878. The molecule has 0 spiro atoms. The van der Waals surface area contributed by atoms with Crippen LogP contribution in [0.15, 0.2) is 47.4 Å². The molecule has 2 unspecified atom stereocenters. The van der Waals surface area contributed by atoms with Crippen LogP contribution in [0.1, 0.15) is 71.1 Å². The predicted octanol–water partition coefficient (Wildman–Crippen LogP) is 6.97. The minimum absolute atomic E-state index is 0.124. The van der Waals surface area contributed by atoms with Crippen molar-refractivity contribution in [1.29, 1.82) is 0 Å². The maximum Gasteiger partial charge on any atom is 0.125 e. The van der Waals surface area contributed by atoms with E-state index in [0.717, 1.165) is 55.1 Å². The number of fused-ring (bicyclic) bond motifs is 1. The van der Waals surface area contributed by atoms with Gasteiger partial charge in [0.2, 0.25) is 0 Å². The molecule has 0 saturated carbocycles. The average molecular weight is 485 g/mol. The second-order valence-corrected chi connectivity index (χ2v) is 10.9. The van der Waals surface area contributed by atoms with Gasteiger partial charge in [-0.15, -0.1) is 0 Å². The molecule has 1 fully saturated rings. The number of aryl methyl sites for hydroxylation is 1. The zero-order valence-corrected chi connectivity index (χ0v) is 22.8. The van der Waals surface area contributed by atoms with Crippen LogP contribution in [0.2, 0.25) is 0 Å². The van der Waals surface area contributed by atoms with Gasteiger partial charge in [-0.25, -0.2) is 0 Å². The molecule has 0 aliphatic carbocycles. The molecule has 4 rings (SSSR count). The summed E-state index contributed by atoms with van der Waals surface area (Å²) in [6.45, 7) is 13.9. The van der Waals surface area contributed by atoms with Gasteiger partial charge in [-0.05, 0) is 99.1 Å². The molecule has 0 bridgehead atoms. The monoisotopic (exact) mass is 484 g/mol. The van der Waals surface area contributed by atoms with Crippen molar-refractivity contribution in [3.63, 3.8) is 0 Å². The maximum atomic E-state index is 11.0. The first-order chi connectivity index (χ1) is 16.4. The zero-order chi connectivity index (χ0) is 24.7. The van der Waals surface area contributed by atoms with Gasteiger partial charge in [-0.1, -0.05) is 46.8 Å². The number of anilines is 1. The summed E-state index contributed by atoms with van der Waals surface area (Å²) in [4.78, 5) is 3.52. The number of hydrogen-bond donors (Lipinski definition) is 1. The number of nitrogens with zero attached hydrogens (tertiary/aromatic N) is 2. The number of piperidine rings is 1. The highest BCUT2D eigenvalue weighted by Gasteiger charge is 2.34. The van der Waals surface area contributed by atoms with E-state index >= 15 is 0 Å². The fourth-order valence-corrected chi connectivity index (χ4v) is 5.91. The summed E-state index contributed by atoms with van der Waals surface area (Å²) in [5, 5.41) is 11.0. The quantitative estimate of drug-likeness (QED) is 0.429. The minimum atomic E-state index is -0.452. The standard InChI is InChI=1S/C27H38N2O2S.C2H6/c1-5-20-6-8-22(9-7-20)29(18-19(2)3)32-23-10-11-26-24(16-23)25(30)17-27(31-26)21-12-14-28(4)15-13-21;1-2/h6-11,16,19,21,25,27,30H,5,12-15,17-18H2,1-4H3;1-2H3. The molecule has 2 aromatic carbocycles. The van der Waals surface area contributed by atoms with Crippen molar-refractivity contribution in [2.24, 2.45) is 11.8 Å². The molecule has 2 aliphatic heterocycles. The van der Waals surface area contributed by atoms with Crippen molar-refractivity contribution in [3.05, 3.63) is 53.6 Å². The van der Waals surface area contributed by atoms with E-state index in [0.29, 0.717) is 18.3 Å². The second-order valence-electron chi connectivity index (χ2n) is 9.81. The first-order valence-electron chi connectivity index (χ1n) is 13.1. The second kappa shape index (κ2) is 12.9. The van der Waals surface area contributed by atoms with Crippen molar-refractivity contribution in [1.82, 2.24) is 4.90 Å². The van der Waals surface area contributed by atoms with E-state index in [9.17, 15) is 5.11 Å². The first kappa shape index (κ1) is 26.9. The Labute approximate surface area is 211 Å². The van der Waals surface area contributed by atoms with Gasteiger partial charge < -0.3 is 19.0 Å². The zero-order valence-electron chi connectivity index (χ0n) is 22.0. The highest BCUT2D eigenvalue weighted by atomic mass is 32.2. The van der Waals surface area contributed by atoms with Gasteiger partial charge in [0.25, 0.3) is 0 Å². The van der Waals surface area contributed by atoms with Crippen molar-refractivity contribution in [2.75, 3.05) is 31.0 Å². The normalized spacial score (nSPS) is 20.8. The van der Waals surface area contributed by atoms with E-state index in [1.54, 1.807) is 11.9 Å². The third-order valence-electron chi connectivity index (χ3n) is 6.74. The lowest BCUT2D eigenvalue weighted by molar-refractivity contribution is 0.0155. The van der Waals surface area contributed by atoms with Crippen LogP contribution < -0.4 is 9.04 Å². The molecule has 2 heterocycles. The third kappa shape index (κ3) is 6.93. The molecular weight excluding hydrogens is 440 g/mol. The van der Waals surface area contributed by atoms with E-state index in [1.165, 1.54) is 11.3 Å². The van der Waals surface area contributed by atoms with Gasteiger partial charge in [-0.3, -0.25) is 0 Å². The van der Waals surface area contributed by atoms with Gasteiger partial charge in [0.15, 0.2) is 0 Å². The van der Waals surface area contributed by atoms with E-state index < -0.39 is 6.10 Å². The fourth-order valence-electron chi connectivity index (χ4n) is 4.75. The molecule has 2 atom stereocenters. The molecule has 1 saturated heterocycles. The summed E-state index contributed by atoms with van der Waals surface area (Å²) in [7, 11) is 2.18. The summed E-state index contributed by atoms with van der Waals surface area (Å²) in [5.41, 5.74) is 3.51. The Morgan fingerprint density at radius 2 is 1.76 bits per heavy atom. The lowest BCUT2D eigenvalue weighted by atomic mass is 9.85. The van der Waals surface area contributed by atoms with Gasteiger partial charge in [0.05, 0.1) is 6.10 Å². The summed E-state index contributed by atoms with van der Waals surface area (Å²) >= 11 is 1.75. The van der Waals surface area contributed by atoms with E-state index in [-0.39, 0.29) is 6.10 Å². The topological polar surface area (TPSA) is 35.9 Å². The molecule has 0 aromatic heterocycles. The summed E-state index contributed by atoms with van der Waals surface area (Å²) < 4.78 is 8.77. The van der Waals surface area contributed by atoms with Gasteiger partial charge in [0.1, 0.15) is 11.9 Å². The number of aliphatic hydroxyl groups excluding tert-OH is 1. The van der Waals surface area contributed by atoms with Gasteiger partial charge >= 0.3 is 0 Å². The molecule has 2 aromatic rings. The average Bonchev–Trinajstić information content (AvgIpc) is 2.85. The molecule has 4 nitrogen and oxygen atoms in total. The first-order valence-corrected chi connectivity index (χ1v) is 13.9. The van der Waals surface area contributed by atoms with Crippen LogP contribution in [-0.4, -0.2) is 42.8 Å². The Balaban J connectivity index is 0.00000158. The molecule has 0 amide bonds. The maximum absolute atomic E-state index is 11.0. The number of benzene rings is 2. The Hall–Kier alpha value is -1.69. The van der Waals surface area contributed by atoms with Crippen LogP contribution in [0.25, 0.3) is 0 Å². The van der Waals surface area contributed by atoms with Crippen LogP contribution in [0, 0.1) is 11.8 Å². The number of rotatable bonds is 7. The van der Waals surface area contributed by atoms with Gasteiger partial charge in [-0.2, -0.15) is 0 Å². The van der Waals surface area contributed by atoms with Crippen molar-refractivity contribution in [3.8, 4) is 5.75 Å². The number of likely N-dealkylation sites (tertiary alicyclic amines) is 1. The Kier molecular flexibility index (Phi) is 10.2. The molecule has 34 heavy (non-hydrogen) atoms. The fraction of sp³-hybridized carbons (Fsp3) is 0.586. The van der Waals surface area contributed by atoms with Crippen molar-refractivity contribution >= 4 is 17.6 Å². The van der Waals surface area contributed by atoms with Crippen molar-refractivity contribution in [2.45, 2.75) is 77.4 Å². The number of ether oxygens (including phenoxy) is 1. The summed E-state index contributed by atoms with van der Waals surface area (Å²) in [5.74, 6) is 1.95. The third-order valence-corrected chi connectivity index (χ3v) is 7.79. The molecule has 1 N–H and O–H groups in total. The summed E-state index contributed by atoms with van der Waals surface area (Å²) in [6.07, 6.45) is 3.73. The largest absolute Gasteiger partial charge is 0.490 e. The van der Waals surface area contributed by atoms with Crippen LogP contribution in [-0.2, 0) is 6.42 Å². The number of aliphatic hydroxyl groups is 1. The van der Waals surface area contributed by atoms with Crippen LogP contribution in [0.4, 0.5) is 5.69 Å². The van der Waals surface area contributed by atoms with Crippen LogP contribution in [0.3, 0.4) is 0 Å². The molecule has 5 heteroatoms. The lowest BCUT2D eigenvalue weighted by Gasteiger charge is -2.38. The Morgan fingerprint density at radius 3 is 2.38 bits per heavy atom. The van der Waals surface area contributed by atoms with E-state index in [4.69, 9.17) is 4.74 Å². The molecular formula is C29H44N2O2S. The Morgan fingerprint density at radius 1 is 1.09 bits per heavy atom. The highest BCUT2D eigenvalue weighted by molar-refractivity contribution is 8.00. The molecule has 188 valence electrons. The van der Waals surface area contributed by atoms with Gasteiger partial charge in [0, 0.05) is 29.1 Å². The van der Waals surface area contributed by atoms with Crippen LogP contribution in [0.5, 0.6) is 5.75 Å². The molecule has 0 radical (unpaired) electrons. The lowest BCUT2D eigenvalue weighted by Crippen LogP contribution is -2.40. The smallest absolute Gasteiger partial charge is 0.125 e. The number of hydrogen-bond acceptors (Lipinski definition) is 5. The molecule has 2 aliphatic rings. The van der Waals surface area contributed by atoms with Crippen LogP contribution >= 0.6 is 11.9 Å². The predicted molar refractivity (Wildman–Crippen MR) is 146 cm³/mol. The SMILES string of the molecule is CC.CCc1ccc(N(CC(C)C)Sc2ccc3c(c2)C(O)CC(C2CCN(C)CC2)O3)cc1. The minimum Gasteiger partial charge on any atom is -0.490 e. The van der Waals surface area contributed by atoms with E-state index in [1.807, 2.05) is 13.8 Å². The van der Waals surface area contributed by atoms with Crippen molar-refractivity contribution < 1.29 is 9.84 Å². The van der Waals surface area contributed by atoms with E-state index in [2.05, 4.69) is 79.5 Å².